The molecule has 2 amide bonds. The van der Waals surface area contributed by atoms with Gasteiger partial charge < -0.3 is 14.8 Å². The number of hydrogen-bond acceptors (Lipinski definition) is 4. The van der Waals surface area contributed by atoms with Crippen LogP contribution < -0.4 is 5.32 Å². The Bertz CT molecular complexity index is 1290. The van der Waals surface area contributed by atoms with Gasteiger partial charge in [-0.1, -0.05) is 48.5 Å². The highest BCUT2D eigenvalue weighted by molar-refractivity contribution is 5.90. The van der Waals surface area contributed by atoms with E-state index in [9.17, 15) is 9.59 Å². The number of imidazole rings is 1. The van der Waals surface area contributed by atoms with E-state index < -0.39 is 6.04 Å². The molecule has 0 bridgehead atoms. The SMILES string of the molecule is C[C@H]1c2nc3ccccc3n2[C@@H](CC(=O)NCc2ccccn2)C(=O)N1Cc1ccccc1. The molecule has 5 rings (SSSR count). The minimum atomic E-state index is -0.656. The van der Waals surface area contributed by atoms with Crippen molar-refractivity contribution >= 4 is 22.8 Å². The molecule has 33 heavy (non-hydrogen) atoms. The summed E-state index contributed by atoms with van der Waals surface area (Å²) in [7, 11) is 0. The highest BCUT2D eigenvalue weighted by Crippen LogP contribution is 2.37. The molecule has 1 aliphatic heterocycles. The highest BCUT2D eigenvalue weighted by Gasteiger charge is 2.40. The van der Waals surface area contributed by atoms with Crippen molar-refractivity contribution in [3.63, 3.8) is 0 Å². The molecular weight excluding hydrogens is 414 g/mol. The van der Waals surface area contributed by atoms with Crippen LogP contribution in [0, 0.1) is 0 Å². The van der Waals surface area contributed by atoms with E-state index in [2.05, 4.69) is 10.3 Å². The maximum absolute atomic E-state index is 13.7. The number of amides is 2. The maximum atomic E-state index is 13.7. The second kappa shape index (κ2) is 8.86. The third kappa shape index (κ3) is 4.09. The zero-order chi connectivity index (χ0) is 22.8. The van der Waals surface area contributed by atoms with Gasteiger partial charge in [0, 0.05) is 12.7 Å². The lowest BCUT2D eigenvalue weighted by molar-refractivity contribution is -0.142. The number of nitrogens with one attached hydrogen (secondary N) is 1. The molecule has 7 heteroatoms. The van der Waals surface area contributed by atoms with Gasteiger partial charge in [-0.05, 0) is 36.8 Å². The molecule has 2 atom stereocenters. The first-order valence-electron chi connectivity index (χ1n) is 11.1. The summed E-state index contributed by atoms with van der Waals surface area (Å²) in [6.07, 6.45) is 1.73. The number of pyridine rings is 1. The van der Waals surface area contributed by atoms with E-state index in [0.29, 0.717) is 13.1 Å². The molecule has 2 aromatic carbocycles. The Morgan fingerprint density at radius 1 is 1.00 bits per heavy atom. The molecule has 0 radical (unpaired) electrons. The van der Waals surface area contributed by atoms with Gasteiger partial charge in [-0.3, -0.25) is 14.6 Å². The van der Waals surface area contributed by atoms with Gasteiger partial charge in [0.05, 0.1) is 35.7 Å². The Kier molecular flexibility index (Phi) is 5.60. The summed E-state index contributed by atoms with van der Waals surface area (Å²) in [5, 5.41) is 2.91. The second-order valence-corrected chi connectivity index (χ2v) is 8.27. The van der Waals surface area contributed by atoms with Crippen LogP contribution in [0.5, 0.6) is 0 Å². The monoisotopic (exact) mass is 439 g/mol. The van der Waals surface area contributed by atoms with Gasteiger partial charge >= 0.3 is 0 Å². The number of carbonyl (C=O) groups is 2. The van der Waals surface area contributed by atoms with E-state index in [4.69, 9.17) is 4.98 Å². The Labute approximate surface area is 192 Å². The van der Waals surface area contributed by atoms with Gasteiger partial charge in [0.25, 0.3) is 0 Å². The van der Waals surface area contributed by atoms with E-state index in [-0.39, 0.29) is 24.3 Å². The first kappa shape index (κ1) is 20.9. The first-order chi connectivity index (χ1) is 16.1. The zero-order valence-electron chi connectivity index (χ0n) is 18.4. The number of fused-ring (bicyclic) bond motifs is 3. The number of hydrogen-bond donors (Lipinski definition) is 1. The van der Waals surface area contributed by atoms with Crippen molar-refractivity contribution in [1.82, 2.24) is 24.8 Å². The summed E-state index contributed by atoms with van der Waals surface area (Å²) >= 11 is 0. The van der Waals surface area contributed by atoms with Crippen LogP contribution in [0.25, 0.3) is 11.0 Å². The average Bonchev–Trinajstić information content (AvgIpc) is 3.24. The van der Waals surface area contributed by atoms with Crippen LogP contribution in [-0.2, 0) is 22.7 Å². The van der Waals surface area contributed by atoms with Gasteiger partial charge in [-0.25, -0.2) is 4.98 Å². The van der Waals surface area contributed by atoms with Crippen molar-refractivity contribution < 1.29 is 9.59 Å². The molecule has 0 fully saturated rings. The molecule has 4 aromatic rings. The van der Waals surface area contributed by atoms with Gasteiger partial charge in [-0.2, -0.15) is 0 Å². The predicted molar refractivity (Wildman–Crippen MR) is 125 cm³/mol. The Morgan fingerprint density at radius 2 is 1.76 bits per heavy atom. The van der Waals surface area contributed by atoms with E-state index in [1.54, 1.807) is 6.20 Å². The van der Waals surface area contributed by atoms with Crippen molar-refractivity contribution in [2.24, 2.45) is 0 Å². The molecule has 0 aliphatic carbocycles. The molecule has 1 aliphatic rings. The number of nitrogens with zero attached hydrogens (tertiary/aromatic N) is 4. The average molecular weight is 440 g/mol. The Morgan fingerprint density at radius 3 is 2.55 bits per heavy atom. The lowest BCUT2D eigenvalue weighted by Gasteiger charge is -2.38. The largest absolute Gasteiger partial charge is 0.350 e. The fourth-order valence-electron chi connectivity index (χ4n) is 4.43. The summed E-state index contributed by atoms with van der Waals surface area (Å²) in [6.45, 7) is 2.79. The minimum Gasteiger partial charge on any atom is -0.350 e. The summed E-state index contributed by atoms with van der Waals surface area (Å²) < 4.78 is 1.95. The topological polar surface area (TPSA) is 80.1 Å². The van der Waals surface area contributed by atoms with E-state index in [0.717, 1.165) is 28.1 Å². The van der Waals surface area contributed by atoms with Crippen LogP contribution in [0.2, 0.25) is 0 Å². The van der Waals surface area contributed by atoms with Gasteiger partial charge in [-0.15, -0.1) is 0 Å². The van der Waals surface area contributed by atoms with Crippen LogP contribution >= 0.6 is 0 Å². The highest BCUT2D eigenvalue weighted by atomic mass is 16.2. The number of carbonyl (C=O) groups excluding carboxylic acids is 2. The van der Waals surface area contributed by atoms with Gasteiger partial charge in [0.1, 0.15) is 11.9 Å². The quantitative estimate of drug-likeness (QED) is 0.496. The molecule has 2 aromatic heterocycles. The summed E-state index contributed by atoms with van der Waals surface area (Å²) in [5.74, 6) is 0.529. The smallest absolute Gasteiger partial charge is 0.247 e. The zero-order valence-corrected chi connectivity index (χ0v) is 18.4. The van der Waals surface area contributed by atoms with Crippen molar-refractivity contribution in [2.45, 2.75) is 38.5 Å². The van der Waals surface area contributed by atoms with Crippen molar-refractivity contribution in [3.8, 4) is 0 Å². The maximum Gasteiger partial charge on any atom is 0.247 e. The molecule has 7 nitrogen and oxygen atoms in total. The molecule has 0 spiro atoms. The predicted octanol–water partition coefficient (Wildman–Crippen LogP) is 3.78. The Balaban J connectivity index is 1.46. The molecule has 0 unspecified atom stereocenters. The van der Waals surface area contributed by atoms with Gasteiger partial charge in [0.15, 0.2) is 0 Å². The van der Waals surface area contributed by atoms with Crippen molar-refractivity contribution in [2.75, 3.05) is 0 Å². The van der Waals surface area contributed by atoms with Crippen LogP contribution in [0.4, 0.5) is 0 Å². The standard InChI is InChI=1S/C26H25N5O2/c1-18-25-29-21-12-5-6-13-22(21)31(25)23(15-24(32)28-16-20-11-7-8-14-27-20)26(33)30(18)17-19-9-3-2-4-10-19/h2-14,18,23H,15-17H2,1H3,(H,28,32)/t18-,23-/m0/s1. The van der Waals surface area contributed by atoms with Crippen molar-refractivity contribution in [1.29, 1.82) is 0 Å². The molecule has 3 heterocycles. The number of benzene rings is 2. The van der Waals surface area contributed by atoms with Crippen LogP contribution in [0.3, 0.4) is 0 Å². The summed E-state index contributed by atoms with van der Waals surface area (Å²) in [5.41, 5.74) is 3.51. The lowest BCUT2D eigenvalue weighted by Crippen LogP contribution is -2.46. The second-order valence-electron chi connectivity index (χ2n) is 8.27. The fraction of sp³-hybridized carbons (Fsp3) is 0.231. The molecule has 0 saturated carbocycles. The molecule has 166 valence electrons. The van der Waals surface area contributed by atoms with Gasteiger partial charge in [0.2, 0.25) is 11.8 Å². The van der Waals surface area contributed by atoms with Crippen LogP contribution in [0.15, 0.2) is 79.0 Å². The first-order valence-corrected chi connectivity index (χ1v) is 11.1. The minimum absolute atomic E-state index is 0.0387. The number of rotatable bonds is 6. The van der Waals surface area contributed by atoms with E-state index >= 15 is 0 Å². The molecule has 0 saturated heterocycles. The van der Waals surface area contributed by atoms with Crippen LogP contribution in [-0.4, -0.2) is 31.2 Å². The van der Waals surface area contributed by atoms with E-state index in [1.165, 1.54) is 0 Å². The lowest BCUT2D eigenvalue weighted by atomic mass is 10.0. The number of aromatic nitrogens is 3. The normalized spacial score (nSPS) is 17.7. The molecule has 1 N–H and O–H groups in total. The fourth-order valence-corrected chi connectivity index (χ4v) is 4.43. The van der Waals surface area contributed by atoms with E-state index in [1.807, 2.05) is 89.2 Å². The summed E-state index contributed by atoms with van der Waals surface area (Å²) in [6, 6.07) is 22.4. The molecular formula is C26H25N5O2. The van der Waals surface area contributed by atoms with Crippen LogP contribution in [0.1, 0.15) is 42.5 Å². The number of para-hydroxylation sites is 2. The summed E-state index contributed by atoms with van der Waals surface area (Å²) in [4.78, 5) is 37.6. The third-order valence-electron chi connectivity index (χ3n) is 6.11. The Hall–Kier alpha value is -4.00. The van der Waals surface area contributed by atoms with Crippen molar-refractivity contribution in [3.05, 3.63) is 96.1 Å². The third-order valence-corrected chi connectivity index (χ3v) is 6.11.